The van der Waals surface area contributed by atoms with Crippen LogP contribution in [0, 0.1) is 0 Å². The minimum Gasteiger partial charge on any atom is -0.343 e. The van der Waals surface area contributed by atoms with Crippen LogP contribution in [0.4, 0.5) is 0 Å². The number of nitrogens with one attached hydrogen (secondary N) is 1. The van der Waals surface area contributed by atoms with Crippen molar-refractivity contribution in [2.45, 2.75) is 18.4 Å². The molecule has 1 fully saturated rings. The molecule has 2 aromatic heterocycles. The average molecular weight is 321 g/mol. The van der Waals surface area contributed by atoms with Crippen molar-refractivity contribution in [2.24, 2.45) is 5.73 Å². The number of hydrogen-bond acceptors (Lipinski definition) is 4. The van der Waals surface area contributed by atoms with E-state index in [1.807, 2.05) is 24.3 Å². The lowest BCUT2D eigenvalue weighted by molar-refractivity contribution is 0.0822. The summed E-state index contributed by atoms with van der Waals surface area (Å²) in [4.78, 5) is 18.3. The van der Waals surface area contributed by atoms with E-state index in [1.165, 1.54) is 4.90 Å². The predicted molar refractivity (Wildman–Crippen MR) is 92.4 cm³/mol. The van der Waals surface area contributed by atoms with E-state index in [0.29, 0.717) is 11.4 Å². The molecule has 0 spiro atoms. The number of nitrogens with two attached hydrogens (primary N) is 1. The second-order valence-corrected chi connectivity index (χ2v) is 6.59. The summed E-state index contributed by atoms with van der Waals surface area (Å²) >= 11 is 0. The maximum Gasteiger partial charge on any atom is 0.271 e. The van der Waals surface area contributed by atoms with Gasteiger partial charge in [-0.05, 0) is 36.6 Å². The van der Waals surface area contributed by atoms with E-state index in [-0.39, 0.29) is 11.4 Å². The number of H-pyrrole nitrogens is 1. The summed E-state index contributed by atoms with van der Waals surface area (Å²) in [6, 6.07) is 11.7. The van der Waals surface area contributed by atoms with Gasteiger partial charge in [0.2, 0.25) is 0 Å². The van der Waals surface area contributed by atoms with E-state index in [1.54, 1.807) is 20.2 Å². The zero-order valence-corrected chi connectivity index (χ0v) is 13.7. The van der Waals surface area contributed by atoms with Gasteiger partial charge in [-0.25, -0.2) is 4.98 Å². The zero-order valence-electron chi connectivity index (χ0n) is 13.7. The Labute approximate surface area is 139 Å². The molecule has 6 heteroatoms. The summed E-state index contributed by atoms with van der Waals surface area (Å²) in [5, 5.41) is 8.14. The van der Waals surface area contributed by atoms with Gasteiger partial charge < -0.3 is 10.6 Å². The minimum atomic E-state index is -0.268. The largest absolute Gasteiger partial charge is 0.343 e. The Hall–Kier alpha value is -2.73. The van der Waals surface area contributed by atoms with Gasteiger partial charge in [-0.3, -0.25) is 9.89 Å². The van der Waals surface area contributed by atoms with Crippen molar-refractivity contribution in [1.29, 1.82) is 0 Å². The normalized spacial score (nSPS) is 15.5. The molecule has 122 valence electrons. The lowest BCUT2D eigenvalue weighted by Crippen LogP contribution is -2.21. The first-order chi connectivity index (χ1) is 11.5. The molecule has 0 radical (unpaired) electrons. The third-order valence-electron chi connectivity index (χ3n) is 4.52. The number of amides is 1. The van der Waals surface area contributed by atoms with Gasteiger partial charge in [-0.15, -0.1) is 0 Å². The van der Waals surface area contributed by atoms with E-state index in [4.69, 9.17) is 10.7 Å². The van der Waals surface area contributed by atoms with Gasteiger partial charge in [-0.1, -0.05) is 18.2 Å². The van der Waals surface area contributed by atoms with Gasteiger partial charge in [0, 0.05) is 25.0 Å². The average Bonchev–Trinajstić information content (AvgIpc) is 3.14. The first-order valence-electron chi connectivity index (χ1n) is 7.94. The summed E-state index contributed by atoms with van der Waals surface area (Å²) in [6.07, 6.45) is 1.96. The first-order valence-corrected chi connectivity index (χ1v) is 7.94. The SMILES string of the molecule is CN(C)C(=O)c1cc(-c2cc(C3(N)CC3)c3ccccc3n2)n[nH]1. The van der Waals surface area contributed by atoms with Crippen LogP contribution in [0.2, 0.25) is 0 Å². The van der Waals surface area contributed by atoms with Crippen molar-refractivity contribution < 1.29 is 4.79 Å². The summed E-state index contributed by atoms with van der Waals surface area (Å²) < 4.78 is 0. The standard InChI is InChI=1S/C18H19N5O/c1-23(2)17(24)16-10-15(21-22-16)14-9-12(18(19)7-8-18)11-5-3-4-6-13(11)20-14/h3-6,9-10H,7-8,19H2,1-2H3,(H,21,22). The molecule has 1 amide bonds. The van der Waals surface area contributed by atoms with Crippen LogP contribution < -0.4 is 5.73 Å². The Morgan fingerprint density at radius 2 is 1.96 bits per heavy atom. The minimum absolute atomic E-state index is 0.118. The third-order valence-corrected chi connectivity index (χ3v) is 4.52. The van der Waals surface area contributed by atoms with Crippen molar-refractivity contribution >= 4 is 16.8 Å². The van der Waals surface area contributed by atoms with Gasteiger partial charge in [0.25, 0.3) is 5.91 Å². The number of hydrogen-bond donors (Lipinski definition) is 2. The van der Waals surface area contributed by atoms with E-state index in [9.17, 15) is 4.79 Å². The third kappa shape index (κ3) is 2.35. The van der Waals surface area contributed by atoms with Crippen molar-refractivity contribution in [1.82, 2.24) is 20.1 Å². The van der Waals surface area contributed by atoms with Crippen LogP contribution in [-0.4, -0.2) is 40.1 Å². The molecule has 24 heavy (non-hydrogen) atoms. The number of pyridine rings is 1. The Morgan fingerprint density at radius 1 is 1.21 bits per heavy atom. The highest BCUT2D eigenvalue weighted by Gasteiger charge is 2.41. The fraction of sp³-hybridized carbons (Fsp3) is 0.278. The predicted octanol–water partition coefficient (Wildman–Crippen LogP) is 2.27. The topological polar surface area (TPSA) is 87.9 Å². The molecule has 3 N–H and O–H groups in total. The number of nitrogens with zero attached hydrogens (tertiary/aromatic N) is 3. The van der Waals surface area contributed by atoms with Crippen molar-refractivity contribution in [3.05, 3.63) is 47.7 Å². The molecule has 0 atom stereocenters. The number of fused-ring (bicyclic) bond motifs is 1. The van der Waals surface area contributed by atoms with Crippen molar-refractivity contribution in [3.8, 4) is 11.4 Å². The number of aromatic nitrogens is 3. The van der Waals surface area contributed by atoms with Gasteiger partial charge in [0.05, 0.1) is 11.2 Å². The summed E-state index contributed by atoms with van der Waals surface area (Å²) in [6.45, 7) is 0. The van der Waals surface area contributed by atoms with Crippen LogP contribution in [0.15, 0.2) is 36.4 Å². The van der Waals surface area contributed by atoms with Gasteiger partial charge in [0.15, 0.2) is 0 Å². The van der Waals surface area contributed by atoms with Crippen LogP contribution in [-0.2, 0) is 5.54 Å². The van der Waals surface area contributed by atoms with Crippen LogP contribution >= 0.6 is 0 Å². The monoisotopic (exact) mass is 321 g/mol. The molecule has 1 aliphatic rings. The lowest BCUT2D eigenvalue weighted by atomic mass is 9.99. The molecule has 0 bridgehead atoms. The highest BCUT2D eigenvalue weighted by atomic mass is 16.2. The smallest absolute Gasteiger partial charge is 0.271 e. The van der Waals surface area contributed by atoms with Crippen LogP contribution in [0.3, 0.4) is 0 Å². The van der Waals surface area contributed by atoms with E-state index >= 15 is 0 Å². The molecular weight excluding hydrogens is 302 g/mol. The summed E-state index contributed by atoms with van der Waals surface area (Å²) in [5.74, 6) is -0.118. The Morgan fingerprint density at radius 3 is 2.67 bits per heavy atom. The molecule has 1 aromatic carbocycles. The first kappa shape index (κ1) is 14.8. The molecule has 1 aliphatic carbocycles. The number of carbonyl (C=O) groups is 1. The second-order valence-electron chi connectivity index (χ2n) is 6.59. The quantitative estimate of drug-likeness (QED) is 0.774. The van der Waals surface area contributed by atoms with Gasteiger partial charge in [-0.2, -0.15) is 5.10 Å². The van der Waals surface area contributed by atoms with Crippen LogP contribution in [0.1, 0.15) is 28.9 Å². The second kappa shape index (κ2) is 5.14. The summed E-state index contributed by atoms with van der Waals surface area (Å²) in [7, 11) is 3.42. The van der Waals surface area contributed by atoms with Crippen molar-refractivity contribution in [3.63, 3.8) is 0 Å². The highest BCUT2D eigenvalue weighted by molar-refractivity contribution is 5.93. The summed E-state index contributed by atoms with van der Waals surface area (Å²) in [5.41, 5.74) is 10.0. The molecule has 0 unspecified atom stereocenters. The van der Waals surface area contributed by atoms with E-state index < -0.39 is 0 Å². The Balaban J connectivity index is 1.84. The maximum absolute atomic E-state index is 12.1. The van der Waals surface area contributed by atoms with Gasteiger partial charge in [0.1, 0.15) is 11.4 Å². The number of benzene rings is 1. The molecule has 0 aliphatic heterocycles. The van der Waals surface area contributed by atoms with E-state index in [2.05, 4.69) is 16.3 Å². The highest BCUT2D eigenvalue weighted by Crippen LogP contribution is 2.46. The fourth-order valence-electron chi connectivity index (χ4n) is 2.93. The molecule has 3 aromatic rings. The zero-order chi connectivity index (χ0) is 16.9. The number of carbonyl (C=O) groups excluding carboxylic acids is 1. The fourth-order valence-corrected chi connectivity index (χ4v) is 2.93. The number of para-hydroxylation sites is 1. The van der Waals surface area contributed by atoms with Crippen LogP contribution in [0.25, 0.3) is 22.3 Å². The molecule has 0 saturated heterocycles. The molecule has 6 nitrogen and oxygen atoms in total. The molecule has 2 heterocycles. The van der Waals surface area contributed by atoms with E-state index in [0.717, 1.165) is 35.0 Å². The number of rotatable bonds is 3. The Bertz CT molecular complexity index is 939. The lowest BCUT2D eigenvalue weighted by Gasteiger charge is -2.14. The van der Waals surface area contributed by atoms with Crippen molar-refractivity contribution in [2.75, 3.05) is 14.1 Å². The maximum atomic E-state index is 12.1. The molecular formula is C18H19N5O. The van der Waals surface area contributed by atoms with Crippen LogP contribution in [0.5, 0.6) is 0 Å². The van der Waals surface area contributed by atoms with Gasteiger partial charge >= 0.3 is 0 Å². The molecule has 4 rings (SSSR count). The Kier molecular flexibility index (Phi) is 3.18. The number of aromatic amines is 1. The molecule has 1 saturated carbocycles.